The lowest BCUT2D eigenvalue weighted by Crippen LogP contribution is -2.35. The normalized spacial score (nSPS) is 23.9. The molecule has 142 valence electrons. The van der Waals surface area contributed by atoms with Crippen LogP contribution in [0.5, 0.6) is 5.75 Å². The number of nitrogens with one attached hydrogen (secondary N) is 1. The third-order valence-corrected chi connectivity index (χ3v) is 5.18. The molecule has 2 fully saturated rings. The van der Waals surface area contributed by atoms with E-state index in [-0.39, 0.29) is 24.4 Å². The van der Waals surface area contributed by atoms with E-state index < -0.39 is 0 Å². The Labute approximate surface area is 157 Å². The van der Waals surface area contributed by atoms with Crippen LogP contribution < -0.4 is 10.1 Å². The highest BCUT2D eigenvalue weighted by Gasteiger charge is 2.45. The Morgan fingerprint density at radius 3 is 2.89 bits per heavy atom. The molecule has 1 aromatic carbocycles. The average molecular weight is 371 g/mol. The molecule has 2 aromatic rings. The number of likely N-dealkylation sites (tertiary alicyclic amines) is 1. The van der Waals surface area contributed by atoms with Crippen LogP contribution in [0, 0.1) is 17.7 Å². The fourth-order valence-electron chi connectivity index (χ4n) is 3.68. The molecule has 0 spiro atoms. The summed E-state index contributed by atoms with van der Waals surface area (Å²) in [6, 6.07) is 11.4. The second kappa shape index (κ2) is 7.92. The van der Waals surface area contributed by atoms with Gasteiger partial charge in [-0.25, -0.2) is 9.37 Å². The zero-order valence-corrected chi connectivity index (χ0v) is 14.9. The summed E-state index contributed by atoms with van der Waals surface area (Å²) >= 11 is 0. The topological polar surface area (TPSA) is 63.7 Å². The number of aromatic nitrogens is 1. The monoisotopic (exact) mass is 371 g/mol. The zero-order chi connectivity index (χ0) is 18.6. The fourth-order valence-corrected chi connectivity index (χ4v) is 3.68. The van der Waals surface area contributed by atoms with Crippen molar-refractivity contribution in [2.24, 2.45) is 11.8 Å². The molecule has 2 saturated heterocycles. The number of anilines is 1. The third kappa shape index (κ3) is 4.19. The van der Waals surface area contributed by atoms with Gasteiger partial charge in [0.2, 0.25) is 0 Å². The van der Waals surface area contributed by atoms with Gasteiger partial charge in [0.05, 0.1) is 12.7 Å². The quantitative estimate of drug-likeness (QED) is 0.843. The standard InChI is InChI=1S/C20H22FN3O3/c21-15-4-6-16(7-5-15)26-13-20(25)24-10-17-14(12-27-18(17)11-24)9-23-19-3-1-2-8-22-19/h1-8,14,17-18H,9-13H2,(H,22,23)/t14-,17+,18+/m0/s1. The third-order valence-electron chi connectivity index (χ3n) is 5.18. The van der Waals surface area contributed by atoms with E-state index >= 15 is 0 Å². The number of halogens is 1. The summed E-state index contributed by atoms with van der Waals surface area (Å²) in [7, 11) is 0. The first kappa shape index (κ1) is 17.7. The Kier molecular flexibility index (Phi) is 5.20. The largest absolute Gasteiger partial charge is 0.484 e. The van der Waals surface area contributed by atoms with Gasteiger partial charge in [-0.3, -0.25) is 4.79 Å². The van der Waals surface area contributed by atoms with E-state index in [1.54, 1.807) is 11.1 Å². The molecule has 3 heterocycles. The predicted octanol–water partition coefficient (Wildman–Crippen LogP) is 2.18. The number of hydrogen-bond acceptors (Lipinski definition) is 5. The minimum absolute atomic E-state index is 0.0536. The van der Waals surface area contributed by atoms with Crippen molar-refractivity contribution in [2.45, 2.75) is 6.10 Å². The number of pyridine rings is 1. The van der Waals surface area contributed by atoms with E-state index in [2.05, 4.69) is 10.3 Å². The first-order chi connectivity index (χ1) is 13.2. The van der Waals surface area contributed by atoms with Crippen LogP contribution in [0.3, 0.4) is 0 Å². The fraction of sp³-hybridized carbons (Fsp3) is 0.400. The number of nitrogens with zero attached hydrogens (tertiary/aromatic N) is 2. The lowest BCUT2D eigenvalue weighted by atomic mass is 9.93. The van der Waals surface area contributed by atoms with E-state index in [1.807, 2.05) is 18.2 Å². The Balaban J connectivity index is 1.27. The minimum Gasteiger partial charge on any atom is -0.484 e. The molecule has 1 aromatic heterocycles. The highest BCUT2D eigenvalue weighted by molar-refractivity contribution is 5.78. The number of ether oxygens (including phenoxy) is 2. The molecule has 7 heteroatoms. The van der Waals surface area contributed by atoms with Crippen LogP contribution in [0.25, 0.3) is 0 Å². The number of fused-ring (bicyclic) bond motifs is 1. The molecule has 0 saturated carbocycles. The van der Waals surface area contributed by atoms with Crippen LogP contribution in [0.1, 0.15) is 0 Å². The molecule has 27 heavy (non-hydrogen) atoms. The van der Waals surface area contributed by atoms with Gasteiger partial charge in [-0.1, -0.05) is 6.07 Å². The molecule has 0 bridgehead atoms. The maximum atomic E-state index is 12.9. The maximum Gasteiger partial charge on any atom is 0.260 e. The number of carbonyl (C=O) groups excluding carboxylic acids is 1. The lowest BCUT2D eigenvalue weighted by Gasteiger charge is -2.20. The number of carbonyl (C=O) groups is 1. The van der Waals surface area contributed by atoms with Crippen LogP contribution in [0.15, 0.2) is 48.7 Å². The van der Waals surface area contributed by atoms with E-state index in [0.717, 1.165) is 12.4 Å². The highest BCUT2D eigenvalue weighted by atomic mass is 19.1. The van der Waals surface area contributed by atoms with Crippen molar-refractivity contribution >= 4 is 11.7 Å². The molecule has 0 unspecified atom stereocenters. The summed E-state index contributed by atoms with van der Waals surface area (Å²) in [5, 5.41) is 3.34. The minimum atomic E-state index is -0.330. The zero-order valence-electron chi connectivity index (χ0n) is 14.9. The van der Waals surface area contributed by atoms with E-state index in [4.69, 9.17) is 9.47 Å². The van der Waals surface area contributed by atoms with Gasteiger partial charge in [-0.05, 0) is 36.4 Å². The second-order valence-corrected chi connectivity index (χ2v) is 6.93. The van der Waals surface area contributed by atoms with Crippen molar-refractivity contribution in [3.05, 3.63) is 54.5 Å². The molecular formula is C20H22FN3O3. The predicted molar refractivity (Wildman–Crippen MR) is 97.9 cm³/mol. The van der Waals surface area contributed by atoms with Gasteiger partial charge in [0, 0.05) is 37.7 Å². The molecule has 2 aliphatic rings. The van der Waals surface area contributed by atoms with Crippen molar-refractivity contribution < 1.29 is 18.7 Å². The van der Waals surface area contributed by atoms with Crippen molar-refractivity contribution in [2.75, 3.05) is 38.2 Å². The van der Waals surface area contributed by atoms with Gasteiger partial charge < -0.3 is 19.7 Å². The molecule has 4 rings (SSSR count). The Morgan fingerprint density at radius 2 is 2.11 bits per heavy atom. The summed E-state index contributed by atoms with van der Waals surface area (Å²) in [5.41, 5.74) is 0. The summed E-state index contributed by atoms with van der Waals surface area (Å²) < 4.78 is 24.3. The first-order valence-corrected chi connectivity index (χ1v) is 9.11. The van der Waals surface area contributed by atoms with Crippen LogP contribution in [0.2, 0.25) is 0 Å². The van der Waals surface area contributed by atoms with Crippen molar-refractivity contribution in [1.29, 1.82) is 0 Å². The Morgan fingerprint density at radius 1 is 1.26 bits per heavy atom. The van der Waals surface area contributed by atoms with Gasteiger partial charge >= 0.3 is 0 Å². The van der Waals surface area contributed by atoms with Gasteiger partial charge in [-0.2, -0.15) is 0 Å². The molecule has 2 aliphatic heterocycles. The smallest absolute Gasteiger partial charge is 0.260 e. The summed E-state index contributed by atoms with van der Waals surface area (Å²) in [4.78, 5) is 18.5. The van der Waals surface area contributed by atoms with Crippen LogP contribution >= 0.6 is 0 Å². The molecule has 6 nitrogen and oxygen atoms in total. The van der Waals surface area contributed by atoms with Crippen LogP contribution in [-0.2, 0) is 9.53 Å². The first-order valence-electron chi connectivity index (χ1n) is 9.11. The number of benzene rings is 1. The second-order valence-electron chi connectivity index (χ2n) is 6.93. The number of amides is 1. The van der Waals surface area contributed by atoms with Gasteiger partial charge in [-0.15, -0.1) is 0 Å². The summed E-state index contributed by atoms with van der Waals surface area (Å²) in [6.07, 6.45) is 1.84. The van der Waals surface area contributed by atoms with E-state index in [9.17, 15) is 9.18 Å². The molecule has 0 aliphatic carbocycles. The molecule has 1 N–H and O–H groups in total. The summed E-state index contributed by atoms with van der Waals surface area (Å²) in [6.45, 7) is 2.68. The van der Waals surface area contributed by atoms with Crippen molar-refractivity contribution in [3.8, 4) is 5.75 Å². The van der Waals surface area contributed by atoms with Crippen LogP contribution in [-0.4, -0.2) is 54.7 Å². The molecule has 3 atom stereocenters. The van der Waals surface area contributed by atoms with Crippen molar-refractivity contribution in [1.82, 2.24) is 9.88 Å². The molecular weight excluding hydrogens is 349 g/mol. The number of hydrogen-bond donors (Lipinski definition) is 1. The van der Waals surface area contributed by atoms with Gasteiger partial charge in [0.15, 0.2) is 6.61 Å². The van der Waals surface area contributed by atoms with Crippen LogP contribution in [0.4, 0.5) is 10.2 Å². The van der Waals surface area contributed by atoms with Gasteiger partial charge in [0.25, 0.3) is 5.91 Å². The molecule has 0 radical (unpaired) electrons. The average Bonchev–Trinajstić information content (AvgIpc) is 3.28. The van der Waals surface area contributed by atoms with E-state index in [0.29, 0.717) is 37.3 Å². The Hall–Kier alpha value is -2.67. The highest BCUT2D eigenvalue weighted by Crippen LogP contribution is 2.33. The maximum absolute atomic E-state index is 12.9. The number of rotatable bonds is 6. The summed E-state index contributed by atoms with van der Waals surface area (Å²) in [5.74, 6) is 1.58. The Bertz CT molecular complexity index is 772. The van der Waals surface area contributed by atoms with Gasteiger partial charge in [0.1, 0.15) is 17.4 Å². The molecule has 1 amide bonds. The van der Waals surface area contributed by atoms with Crippen molar-refractivity contribution in [3.63, 3.8) is 0 Å². The SMILES string of the molecule is O=C(COc1ccc(F)cc1)N1C[C@@H]2[C@@H](CNc3ccccn3)CO[C@@H]2C1. The van der Waals surface area contributed by atoms with E-state index in [1.165, 1.54) is 24.3 Å². The lowest BCUT2D eigenvalue weighted by molar-refractivity contribution is -0.133.